The highest BCUT2D eigenvalue weighted by molar-refractivity contribution is 5.94. The molecule has 2 aromatic heterocycles. The summed E-state index contributed by atoms with van der Waals surface area (Å²) in [5.74, 6) is 0.965. The smallest absolute Gasteiger partial charge is 0.267 e. The number of likely N-dealkylation sites (tertiary alicyclic amines) is 1. The molecular weight excluding hydrogens is 368 g/mol. The summed E-state index contributed by atoms with van der Waals surface area (Å²) in [4.78, 5) is 25.3. The second kappa shape index (κ2) is 8.08. The SMILES string of the molecule is Cc1cnc(-c2nnc(C3CCN(C(=O)c4ccc(CN(C)C)cc4)C3)o2)cn1. The Bertz CT molecular complexity index is 981. The third kappa shape index (κ3) is 4.32. The minimum atomic E-state index is 0.0339. The molecule has 1 aliphatic rings. The fourth-order valence-corrected chi connectivity index (χ4v) is 3.45. The Labute approximate surface area is 169 Å². The molecule has 1 saturated heterocycles. The lowest BCUT2D eigenvalue weighted by Crippen LogP contribution is -2.28. The van der Waals surface area contributed by atoms with Crippen LogP contribution in [0.3, 0.4) is 0 Å². The van der Waals surface area contributed by atoms with E-state index in [1.165, 1.54) is 5.56 Å². The summed E-state index contributed by atoms with van der Waals surface area (Å²) in [6.07, 6.45) is 4.09. The highest BCUT2D eigenvalue weighted by Crippen LogP contribution is 2.29. The number of nitrogens with zero attached hydrogens (tertiary/aromatic N) is 6. The Morgan fingerprint density at radius 3 is 2.66 bits per heavy atom. The summed E-state index contributed by atoms with van der Waals surface area (Å²) in [5.41, 5.74) is 3.27. The molecule has 3 aromatic rings. The van der Waals surface area contributed by atoms with Crippen LogP contribution < -0.4 is 0 Å². The highest BCUT2D eigenvalue weighted by Gasteiger charge is 2.31. The van der Waals surface area contributed by atoms with E-state index in [0.29, 0.717) is 36.1 Å². The van der Waals surface area contributed by atoms with Crippen molar-refractivity contribution in [3.05, 3.63) is 59.4 Å². The van der Waals surface area contributed by atoms with E-state index in [1.807, 2.05) is 50.2 Å². The van der Waals surface area contributed by atoms with Crippen LogP contribution in [0.4, 0.5) is 0 Å². The fraction of sp³-hybridized carbons (Fsp3) is 0.381. The monoisotopic (exact) mass is 392 g/mol. The van der Waals surface area contributed by atoms with Crippen LogP contribution >= 0.6 is 0 Å². The molecule has 8 heteroatoms. The number of aromatic nitrogens is 4. The summed E-state index contributed by atoms with van der Waals surface area (Å²) in [6.45, 7) is 3.96. The van der Waals surface area contributed by atoms with Crippen LogP contribution in [-0.4, -0.2) is 63.1 Å². The number of benzene rings is 1. The van der Waals surface area contributed by atoms with E-state index in [1.54, 1.807) is 12.4 Å². The second-order valence-corrected chi connectivity index (χ2v) is 7.66. The summed E-state index contributed by atoms with van der Waals surface area (Å²) >= 11 is 0. The van der Waals surface area contributed by atoms with Gasteiger partial charge in [0.1, 0.15) is 5.69 Å². The van der Waals surface area contributed by atoms with E-state index in [4.69, 9.17) is 4.42 Å². The summed E-state index contributed by atoms with van der Waals surface area (Å²) in [5, 5.41) is 8.27. The van der Waals surface area contributed by atoms with Crippen molar-refractivity contribution in [3.8, 4) is 11.6 Å². The predicted octanol–water partition coefficient (Wildman–Crippen LogP) is 2.53. The first-order chi connectivity index (χ1) is 14.0. The van der Waals surface area contributed by atoms with Gasteiger partial charge in [-0.3, -0.25) is 9.78 Å². The zero-order chi connectivity index (χ0) is 20.4. The van der Waals surface area contributed by atoms with E-state index < -0.39 is 0 Å². The van der Waals surface area contributed by atoms with Crippen molar-refractivity contribution in [2.45, 2.75) is 25.8 Å². The minimum absolute atomic E-state index is 0.0339. The van der Waals surface area contributed by atoms with Gasteiger partial charge in [-0.2, -0.15) is 0 Å². The van der Waals surface area contributed by atoms with Crippen molar-refractivity contribution in [1.29, 1.82) is 0 Å². The number of carbonyl (C=O) groups excluding carboxylic acids is 1. The molecule has 0 saturated carbocycles. The first kappa shape index (κ1) is 19.2. The topological polar surface area (TPSA) is 88.3 Å². The molecule has 0 bridgehead atoms. The highest BCUT2D eigenvalue weighted by atomic mass is 16.4. The average Bonchev–Trinajstić information content (AvgIpc) is 3.38. The van der Waals surface area contributed by atoms with Gasteiger partial charge in [0.25, 0.3) is 11.8 Å². The van der Waals surface area contributed by atoms with Gasteiger partial charge in [-0.05, 0) is 45.1 Å². The van der Waals surface area contributed by atoms with E-state index in [-0.39, 0.29) is 11.8 Å². The molecule has 1 amide bonds. The second-order valence-electron chi connectivity index (χ2n) is 7.66. The Balaban J connectivity index is 1.41. The van der Waals surface area contributed by atoms with Gasteiger partial charge in [0, 0.05) is 31.4 Å². The minimum Gasteiger partial charge on any atom is -0.419 e. The van der Waals surface area contributed by atoms with Crippen LogP contribution in [0.2, 0.25) is 0 Å². The number of amides is 1. The molecule has 29 heavy (non-hydrogen) atoms. The van der Waals surface area contributed by atoms with E-state index >= 15 is 0 Å². The molecule has 1 unspecified atom stereocenters. The number of hydrogen-bond donors (Lipinski definition) is 0. The molecular formula is C21H24N6O2. The van der Waals surface area contributed by atoms with Crippen LogP contribution in [0.25, 0.3) is 11.6 Å². The van der Waals surface area contributed by atoms with Crippen LogP contribution in [-0.2, 0) is 6.54 Å². The molecule has 1 fully saturated rings. The predicted molar refractivity (Wildman–Crippen MR) is 107 cm³/mol. The van der Waals surface area contributed by atoms with Crippen LogP contribution in [0.5, 0.6) is 0 Å². The van der Waals surface area contributed by atoms with Crippen molar-refractivity contribution >= 4 is 5.91 Å². The number of aryl methyl sites for hydroxylation is 1. The molecule has 1 aliphatic heterocycles. The van der Waals surface area contributed by atoms with Gasteiger partial charge in [0.05, 0.1) is 17.8 Å². The Kier molecular flexibility index (Phi) is 5.35. The van der Waals surface area contributed by atoms with Crippen molar-refractivity contribution in [2.75, 3.05) is 27.2 Å². The Morgan fingerprint density at radius 1 is 1.17 bits per heavy atom. The maximum absolute atomic E-state index is 12.8. The molecule has 150 valence electrons. The van der Waals surface area contributed by atoms with Gasteiger partial charge in [-0.15, -0.1) is 10.2 Å². The zero-order valence-electron chi connectivity index (χ0n) is 16.9. The Hall–Kier alpha value is -3.13. The van der Waals surface area contributed by atoms with Crippen molar-refractivity contribution in [2.24, 2.45) is 0 Å². The molecule has 0 N–H and O–H groups in total. The lowest BCUT2D eigenvalue weighted by atomic mass is 10.1. The van der Waals surface area contributed by atoms with Crippen LogP contribution in [0.1, 0.15) is 39.8 Å². The summed E-state index contributed by atoms with van der Waals surface area (Å²) < 4.78 is 5.81. The normalized spacial score (nSPS) is 16.6. The summed E-state index contributed by atoms with van der Waals surface area (Å²) in [7, 11) is 4.05. The number of rotatable bonds is 5. The molecule has 0 spiro atoms. The van der Waals surface area contributed by atoms with Crippen molar-refractivity contribution in [3.63, 3.8) is 0 Å². The zero-order valence-corrected chi connectivity index (χ0v) is 16.9. The first-order valence-corrected chi connectivity index (χ1v) is 9.65. The third-order valence-electron chi connectivity index (χ3n) is 4.97. The molecule has 1 atom stereocenters. The maximum Gasteiger partial charge on any atom is 0.267 e. The molecule has 3 heterocycles. The van der Waals surface area contributed by atoms with Crippen LogP contribution in [0, 0.1) is 6.92 Å². The quantitative estimate of drug-likeness (QED) is 0.659. The molecule has 4 rings (SSSR count). The van der Waals surface area contributed by atoms with Gasteiger partial charge in [-0.25, -0.2) is 4.98 Å². The van der Waals surface area contributed by atoms with E-state index in [9.17, 15) is 4.79 Å². The largest absolute Gasteiger partial charge is 0.419 e. The lowest BCUT2D eigenvalue weighted by molar-refractivity contribution is 0.0790. The number of hydrogen-bond acceptors (Lipinski definition) is 7. The van der Waals surface area contributed by atoms with Gasteiger partial charge in [-0.1, -0.05) is 12.1 Å². The molecule has 0 aliphatic carbocycles. The van der Waals surface area contributed by atoms with Gasteiger partial charge in [0.2, 0.25) is 5.89 Å². The van der Waals surface area contributed by atoms with Gasteiger partial charge in [0.15, 0.2) is 0 Å². The maximum atomic E-state index is 12.8. The third-order valence-corrected chi connectivity index (χ3v) is 4.97. The lowest BCUT2D eigenvalue weighted by Gasteiger charge is -2.16. The number of carbonyl (C=O) groups is 1. The fourth-order valence-electron chi connectivity index (χ4n) is 3.45. The molecule has 1 aromatic carbocycles. The Morgan fingerprint density at radius 2 is 1.97 bits per heavy atom. The first-order valence-electron chi connectivity index (χ1n) is 9.65. The summed E-state index contributed by atoms with van der Waals surface area (Å²) in [6, 6.07) is 7.81. The van der Waals surface area contributed by atoms with Crippen molar-refractivity contribution < 1.29 is 9.21 Å². The molecule has 8 nitrogen and oxygen atoms in total. The standard InChI is InChI=1S/C21H24N6O2/c1-14-10-23-18(11-22-14)20-25-24-19(29-20)17-8-9-27(13-17)21(28)16-6-4-15(5-7-16)12-26(2)3/h4-7,10-11,17H,8-9,12-13H2,1-3H3. The average molecular weight is 392 g/mol. The van der Waals surface area contributed by atoms with E-state index in [2.05, 4.69) is 25.1 Å². The van der Waals surface area contributed by atoms with Crippen molar-refractivity contribution in [1.82, 2.24) is 30.0 Å². The van der Waals surface area contributed by atoms with Gasteiger partial charge >= 0.3 is 0 Å². The van der Waals surface area contributed by atoms with E-state index in [0.717, 1.165) is 18.7 Å². The molecule has 0 radical (unpaired) electrons. The van der Waals surface area contributed by atoms with Gasteiger partial charge < -0.3 is 14.2 Å². The van der Waals surface area contributed by atoms with Crippen LogP contribution in [0.15, 0.2) is 41.1 Å².